The lowest BCUT2D eigenvalue weighted by atomic mass is 10.2. The van der Waals surface area contributed by atoms with Crippen LogP contribution in [0, 0.1) is 0 Å². The molecule has 0 spiro atoms. The Morgan fingerprint density at radius 1 is 1.11 bits per heavy atom. The summed E-state index contributed by atoms with van der Waals surface area (Å²) in [4.78, 5) is 3.88. The first kappa shape index (κ1) is 13.4. The van der Waals surface area contributed by atoms with Gasteiger partial charge in [0.2, 0.25) is 0 Å². The van der Waals surface area contributed by atoms with E-state index in [1.54, 1.807) is 12.1 Å². The predicted molar refractivity (Wildman–Crippen MR) is 56.4 cm³/mol. The molecule has 0 aliphatic heterocycles. The summed E-state index contributed by atoms with van der Waals surface area (Å²) in [5.41, 5.74) is -0.996. The van der Waals surface area contributed by atoms with Gasteiger partial charge in [0.1, 0.15) is 5.69 Å². The number of pyridine rings is 1. The Balaban J connectivity index is 2.49. The molecule has 0 aliphatic rings. The largest absolute Gasteiger partial charge is 0.459 e. The van der Waals surface area contributed by atoms with Crippen LogP contribution in [0.5, 0.6) is 0 Å². The Bertz CT molecular complexity index is 574. The number of rotatable bonds is 2. The molecule has 0 radical (unpaired) electrons. The third-order valence-corrected chi connectivity index (χ3v) is 2.48. The highest BCUT2D eigenvalue weighted by atomic mass is 19.4. The first-order chi connectivity index (χ1) is 8.73. The zero-order valence-electron chi connectivity index (χ0n) is 9.62. The molecule has 2 heterocycles. The third-order valence-electron chi connectivity index (χ3n) is 2.48. The van der Waals surface area contributed by atoms with Gasteiger partial charge in [-0.3, -0.25) is 9.67 Å². The Morgan fingerprint density at radius 2 is 1.79 bits per heavy atom. The summed E-state index contributed by atoms with van der Waals surface area (Å²) >= 11 is 0. The van der Waals surface area contributed by atoms with Crippen molar-refractivity contribution in [3.63, 3.8) is 0 Å². The average molecular weight is 277 g/mol. The summed E-state index contributed by atoms with van der Waals surface area (Å²) in [5, 5.41) is 3.23. The fourth-order valence-corrected chi connectivity index (χ4v) is 1.52. The van der Waals surface area contributed by atoms with Crippen molar-refractivity contribution in [1.29, 1.82) is 0 Å². The molecular weight excluding hydrogens is 269 g/mol. The van der Waals surface area contributed by atoms with Crippen LogP contribution in [0.1, 0.15) is 5.69 Å². The van der Waals surface area contributed by atoms with E-state index in [1.165, 1.54) is 19.3 Å². The maximum absolute atomic E-state index is 13.2. The quantitative estimate of drug-likeness (QED) is 0.789. The second-order valence-electron chi connectivity index (χ2n) is 3.83. The van der Waals surface area contributed by atoms with Crippen LogP contribution in [0.25, 0.3) is 11.4 Å². The van der Waals surface area contributed by atoms with E-state index >= 15 is 0 Å². The molecule has 8 heteroatoms. The lowest BCUT2D eigenvalue weighted by Gasteiger charge is -2.16. The van der Waals surface area contributed by atoms with Crippen LogP contribution in [-0.2, 0) is 13.0 Å². The Hall–Kier alpha value is -1.99. The molecule has 0 aliphatic carbocycles. The molecule has 0 fully saturated rings. The predicted octanol–water partition coefficient (Wildman–Crippen LogP) is 3.14. The molecule has 102 valence electrons. The number of alkyl halides is 5. The second-order valence-corrected chi connectivity index (χ2v) is 3.83. The highest BCUT2D eigenvalue weighted by Crippen LogP contribution is 2.43. The highest BCUT2D eigenvalue weighted by Gasteiger charge is 2.60. The van der Waals surface area contributed by atoms with Crippen molar-refractivity contribution in [1.82, 2.24) is 14.8 Å². The lowest BCUT2D eigenvalue weighted by molar-refractivity contribution is -0.291. The molecule has 0 N–H and O–H groups in total. The van der Waals surface area contributed by atoms with E-state index in [0.29, 0.717) is 6.07 Å². The topological polar surface area (TPSA) is 30.7 Å². The van der Waals surface area contributed by atoms with Crippen molar-refractivity contribution in [3.8, 4) is 11.4 Å². The Kier molecular flexibility index (Phi) is 3.03. The first-order valence-corrected chi connectivity index (χ1v) is 5.14. The number of hydrogen-bond donors (Lipinski definition) is 0. The highest BCUT2D eigenvalue weighted by molar-refractivity contribution is 5.55. The van der Waals surface area contributed by atoms with Crippen LogP contribution in [0.3, 0.4) is 0 Å². The van der Waals surface area contributed by atoms with Crippen LogP contribution in [-0.4, -0.2) is 20.9 Å². The van der Waals surface area contributed by atoms with Gasteiger partial charge in [-0.05, 0) is 18.2 Å². The SMILES string of the molecule is Cn1nc(C(F)(F)C(F)(F)F)cc1-c1ccccn1. The molecule has 0 saturated carbocycles. The van der Waals surface area contributed by atoms with E-state index in [0.717, 1.165) is 4.68 Å². The fourth-order valence-electron chi connectivity index (χ4n) is 1.52. The van der Waals surface area contributed by atoms with Gasteiger partial charge in [0.05, 0.1) is 11.4 Å². The normalized spacial score (nSPS) is 12.7. The monoisotopic (exact) mass is 277 g/mol. The summed E-state index contributed by atoms with van der Waals surface area (Å²) in [6.45, 7) is 0. The van der Waals surface area contributed by atoms with E-state index in [-0.39, 0.29) is 11.4 Å². The minimum absolute atomic E-state index is 0.0829. The van der Waals surface area contributed by atoms with E-state index in [9.17, 15) is 22.0 Å². The van der Waals surface area contributed by atoms with Crippen LogP contribution in [0.15, 0.2) is 30.5 Å². The molecule has 0 aromatic carbocycles. The lowest BCUT2D eigenvalue weighted by Crippen LogP contribution is -2.34. The molecule has 2 aromatic rings. The van der Waals surface area contributed by atoms with E-state index in [1.807, 2.05) is 0 Å². The molecule has 2 rings (SSSR count). The smallest absolute Gasteiger partial charge is 0.266 e. The summed E-state index contributed by atoms with van der Waals surface area (Å²) < 4.78 is 64.0. The summed E-state index contributed by atoms with van der Waals surface area (Å²) in [6, 6.07) is 5.38. The van der Waals surface area contributed by atoms with Crippen molar-refractivity contribution in [3.05, 3.63) is 36.2 Å². The maximum atomic E-state index is 13.2. The molecule has 0 amide bonds. The summed E-state index contributed by atoms with van der Waals surface area (Å²) in [5.74, 6) is -4.99. The van der Waals surface area contributed by atoms with Crippen LogP contribution in [0.4, 0.5) is 22.0 Å². The third kappa shape index (κ3) is 2.29. The van der Waals surface area contributed by atoms with Gasteiger partial charge in [0.25, 0.3) is 0 Å². The molecule has 0 atom stereocenters. The number of halogens is 5. The molecule has 0 unspecified atom stereocenters. The Labute approximate surface area is 104 Å². The summed E-state index contributed by atoms with van der Waals surface area (Å²) in [7, 11) is 1.28. The van der Waals surface area contributed by atoms with Gasteiger partial charge in [0, 0.05) is 13.2 Å². The molecule has 19 heavy (non-hydrogen) atoms. The standard InChI is InChI=1S/C11H8F5N3/c1-19-8(7-4-2-3-5-17-7)6-9(18-19)10(12,13)11(14,15)16/h2-6H,1H3. The van der Waals surface area contributed by atoms with Crippen LogP contribution in [0.2, 0.25) is 0 Å². The first-order valence-electron chi connectivity index (χ1n) is 5.14. The van der Waals surface area contributed by atoms with E-state index in [2.05, 4.69) is 10.1 Å². The van der Waals surface area contributed by atoms with Gasteiger partial charge in [-0.2, -0.15) is 27.1 Å². The number of nitrogens with zero attached hydrogens (tertiary/aromatic N) is 3. The van der Waals surface area contributed by atoms with Crippen molar-refractivity contribution < 1.29 is 22.0 Å². The van der Waals surface area contributed by atoms with Crippen molar-refractivity contribution in [2.45, 2.75) is 12.1 Å². The number of aromatic nitrogens is 3. The van der Waals surface area contributed by atoms with Crippen molar-refractivity contribution in [2.24, 2.45) is 7.05 Å². The molecule has 0 bridgehead atoms. The molecule has 2 aromatic heterocycles. The van der Waals surface area contributed by atoms with Gasteiger partial charge in [0.15, 0.2) is 0 Å². The summed E-state index contributed by atoms with van der Waals surface area (Å²) in [6.07, 6.45) is -4.27. The minimum atomic E-state index is -5.68. The van der Waals surface area contributed by atoms with Crippen molar-refractivity contribution in [2.75, 3.05) is 0 Å². The van der Waals surface area contributed by atoms with Gasteiger partial charge < -0.3 is 0 Å². The van der Waals surface area contributed by atoms with Gasteiger partial charge in [-0.25, -0.2) is 0 Å². The molecule has 0 saturated heterocycles. The van der Waals surface area contributed by atoms with E-state index < -0.39 is 17.8 Å². The fraction of sp³-hybridized carbons (Fsp3) is 0.273. The Morgan fingerprint density at radius 3 is 2.32 bits per heavy atom. The zero-order valence-corrected chi connectivity index (χ0v) is 9.62. The van der Waals surface area contributed by atoms with Crippen LogP contribution >= 0.6 is 0 Å². The second kappa shape index (κ2) is 4.29. The number of aryl methyl sites for hydroxylation is 1. The zero-order chi connectivity index (χ0) is 14.3. The van der Waals surface area contributed by atoms with Gasteiger partial charge in [-0.1, -0.05) is 6.07 Å². The maximum Gasteiger partial charge on any atom is 0.459 e. The number of hydrogen-bond acceptors (Lipinski definition) is 2. The molecule has 3 nitrogen and oxygen atoms in total. The van der Waals surface area contributed by atoms with E-state index in [4.69, 9.17) is 0 Å². The molecular formula is C11H8F5N3. The van der Waals surface area contributed by atoms with Crippen molar-refractivity contribution >= 4 is 0 Å². The van der Waals surface area contributed by atoms with Gasteiger partial charge >= 0.3 is 12.1 Å². The van der Waals surface area contributed by atoms with Crippen LogP contribution < -0.4 is 0 Å². The van der Waals surface area contributed by atoms with Gasteiger partial charge in [-0.15, -0.1) is 0 Å². The minimum Gasteiger partial charge on any atom is -0.266 e. The average Bonchev–Trinajstić information content (AvgIpc) is 2.71.